The second-order valence-electron chi connectivity index (χ2n) is 2.44. The van der Waals surface area contributed by atoms with Gasteiger partial charge in [-0.05, 0) is 18.2 Å². The molecule has 2 N–H and O–H groups in total. The van der Waals surface area contributed by atoms with Crippen molar-refractivity contribution in [2.75, 3.05) is 0 Å². The molecule has 1 aromatic carbocycles. The number of rotatable bonds is 1. The second kappa shape index (κ2) is 3.12. The summed E-state index contributed by atoms with van der Waals surface area (Å²) < 4.78 is 0.947. The van der Waals surface area contributed by atoms with Crippen LogP contribution in [0.3, 0.4) is 0 Å². The van der Waals surface area contributed by atoms with E-state index in [1.54, 1.807) is 23.7 Å². The Labute approximate surface area is 77.9 Å². The van der Waals surface area contributed by atoms with Gasteiger partial charge in [0.25, 0.3) is 0 Å². The van der Waals surface area contributed by atoms with Gasteiger partial charge in [-0.25, -0.2) is 9.78 Å². The minimum atomic E-state index is -0.532. The normalized spacial score (nSPS) is 10.2. The summed E-state index contributed by atoms with van der Waals surface area (Å²) in [5, 5.41) is 0. The van der Waals surface area contributed by atoms with Crippen LogP contribution in [0.5, 0.6) is 0 Å². The van der Waals surface area contributed by atoms with Crippen molar-refractivity contribution in [1.29, 1.82) is 0 Å². The second-order valence-corrected chi connectivity index (χ2v) is 3.33. The molecular formula is C8H6N2O2S. The fraction of sp³-hybridized carbons (Fsp3) is 0. The summed E-state index contributed by atoms with van der Waals surface area (Å²) in [7, 11) is 0. The first-order valence-electron chi connectivity index (χ1n) is 3.55. The van der Waals surface area contributed by atoms with E-state index in [1.165, 1.54) is 11.3 Å². The van der Waals surface area contributed by atoms with Gasteiger partial charge in [-0.3, -0.25) is 0 Å². The van der Waals surface area contributed by atoms with Gasteiger partial charge in [0, 0.05) is 0 Å². The lowest BCUT2D eigenvalue weighted by Gasteiger charge is -1.96. The summed E-state index contributed by atoms with van der Waals surface area (Å²) in [6.07, 6.45) is 0. The molecule has 1 heterocycles. The standard InChI is InChI=1S/C8H6N2O2S/c9-12-8(11)5-1-2-6-7(3-5)13-4-10-6/h1-4H,9H2. The van der Waals surface area contributed by atoms with E-state index >= 15 is 0 Å². The maximum atomic E-state index is 11.0. The average molecular weight is 194 g/mol. The van der Waals surface area contributed by atoms with Gasteiger partial charge < -0.3 is 4.84 Å². The van der Waals surface area contributed by atoms with Crippen molar-refractivity contribution in [2.24, 2.45) is 5.90 Å². The van der Waals surface area contributed by atoms with Gasteiger partial charge in [0.1, 0.15) is 0 Å². The third kappa shape index (κ3) is 1.39. The number of hydrogen-bond donors (Lipinski definition) is 1. The lowest BCUT2D eigenvalue weighted by Crippen LogP contribution is -2.09. The van der Waals surface area contributed by atoms with Gasteiger partial charge in [-0.2, -0.15) is 5.90 Å². The van der Waals surface area contributed by atoms with Crippen LogP contribution in [0.15, 0.2) is 23.7 Å². The molecule has 0 aliphatic carbocycles. The van der Waals surface area contributed by atoms with Crippen LogP contribution in [-0.2, 0) is 4.84 Å². The zero-order valence-corrected chi connectivity index (χ0v) is 7.38. The van der Waals surface area contributed by atoms with Crippen molar-refractivity contribution >= 4 is 27.5 Å². The maximum Gasteiger partial charge on any atom is 0.356 e. The summed E-state index contributed by atoms with van der Waals surface area (Å²) in [5.74, 6) is 4.23. The van der Waals surface area contributed by atoms with E-state index in [4.69, 9.17) is 5.90 Å². The molecule has 0 atom stereocenters. The minimum absolute atomic E-state index is 0.444. The van der Waals surface area contributed by atoms with E-state index in [9.17, 15) is 4.79 Å². The van der Waals surface area contributed by atoms with Crippen LogP contribution < -0.4 is 5.90 Å². The predicted molar refractivity (Wildman–Crippen MR) is 49.2 cm³/mol. The summed E-state index contributed by atoms with van der Waals surface area (Å²) in [5.41, 5.74) is 3.04. The van der Waals surface area contributed by atoms with E-state index in [0.717, 1.165) is 10.2 Å². The molecule has 0 saturated heterocycles. The Kier molecular flexibility index (Phi) is 1.96. The average Bonchev–Trinajstić information content (AvgIpc) is 2.63. The Hall–Kier alpha value is -1.46. The number of hydrogen-bond acceptors (Lipinski definition) is 5. The Balaban J connectivity index is 2.54. The third-order valence-corrected chi connectivity index (χ3v) is 2.47. The SMILES string of the molecule is NOC(=O)c1ccc2ncsc2c1. The summed E-state index contributed by atoms with van der Waals surface area (Å²) in [6, 6.07) is 5.11. The van der Waals surface area contributed by atoms with Crippen LogP contribution in [0.2, 0.25) is 0 Å². The minimum Gasteiger partial charge on any atom is -0.370 e. The summed E-state index contributed by atoms with van der Waals surface area (Å²) in [6.45, 7) is 0. The number of carbonyl (C=O) groups is 1. The number of fused-ring (bicyclic) bond motifs is 1. The van der Waals surface area contributed by atoms with Crippen LogP contribution in [-0.4, -0.2) is 11.0 Å². The van der Waals surface area contributed by atoms with E-state index in [0.29, 0.717) is 5.56 Å². The molecule has 4 nitrogen and oxygen atoms in total. The highest BCUT2D eigenvalue weighted by Gasteiger charge is 2.06. The van der Waals surface area contributed by atoms with Gasteiger partial charge in [0.15, 0.2) is 0 Å². The molecule has 2 rings (SSSR count). The molecule has 0 bridgehead atoms. The molecular weight excluding hydrogens is 188 g/mol. The lowest BCUT2D eigenvalue weighted by molar-refractivity contribution is 0.0503. The first kappa shape index (κ1) is 8.15. The highest BCUT2D eigenvalue weighted by Crippen LogP contribution is 2.19. The molecule has 0 unspecified atom stereocenters. The number of aromatic nitrogens is 1. The molecule has 0 spiro atoms. The van der Waals surface area contributed by atoms with Crippen molar-refractivity contribution < 1.29 is 9.63 Å². The van der Waals surface area contributed by atoms with Gasteiger partial charge >= 0.3 is 5.97 Å². The number of thiazole rings is 1. The van der Waals surface area contributed by atoms with Crippen LogP contribution >= 0.6 is 11.3 Å². The molecule has 0 aliphatic rings. The summed E-state index contributed by atoms with van der Waals surface area (Å²) in [4.78, 5) is 19.2. The van der Waals surface area contributed by atoms with Crippen LogP contribution in [0.25, 0.3) is 10.2 Å². The fourth-order valence-electron chi connectivity index (χ4n) is 1.05. The topological polar surface area (TPSA) is 65.2 Å². The van der Waals surface area contributed by atoms with Crippen molar-refractivity contribution in [3.8, 4) is 0 Å². The number of carbonyl (C=O) groups excluding carboxylic acids is 1. The zero-order chi connectivity index (χ0) is 9.26. The molecule has 0 fully saturated rings. The Morgan fingerprint density at radius 3 is 3.15 bits per heavy atom. The Morgan fingerprint density at radius 2 is 2.38 bits per heavy atom. The van der Waals surface area contributed by atoms with Gasteiger partial charge in [-0.15, -0.1) is 11.3 Å². The molecule has 0 radical (unpaired) electrons. The first-order chi connectivity index (χ1) is 6.31. The van der Waals surface area contributed by atoms with E-state index in [2.05, 4.69) is 9.82 Å². The highest BCUT2D eigenvalue weighted by molar-refractivity contribution is 7.16. The van der Waals surface area contributed by atoms with Crippen LogP contribution in [0, 0.1) is 0 Å². The molecule has 13 heavy (non-hydrogen) atoms. The maximum absolute atomic E-state index is 11.0. The van der Waals surface area contributed by atoms with Crippen molar-refractivity contribution in [2.45, 2.75) is 0 Å². The van der Waals surface area contributed by atoms with Crippen molar-refractivity contribution in [3.05, 3.63) is 29.3 Å². The summed E-state index contributed by atoms with van der Waals surface area (Å²) >= 11 is 1.47. The van der Waals surface area contributed by atoms with Gasteiger partial charge in [0.2, 0.25) is 0 Å². The molecule has 5 heteroatoms. The van der Waals surface area contributed by atoms with Crippen molar-refractivity contribution in [3.63, 3.8) is 0 Å². The van der Waals surface area contributed by atoms with Gasteiger partial charge in [-0.1, -0.05) is 0 Å². The number of nitrogens with zero attached hydrogens (tertiary/aromatic N) is 1. The highest BCUT2D eigenvalue weighted by atomic mass is 32.1. The quantitative estimate of drug-likeness (QED) is 0.695. The molecule has 66 valence electrons. The zero-order valence-electron chi connectivity index (χ0n) is 6.56. The molecule has 0 aliphatic heterocycles. The molecule has 0 amide bonds. The van der Waals surface area contributed by atoms with Gasteiger partial charge in [0.05, 0.1) is 21.3 Å². The van der Waals surface area contributed by atoms with Crippen LogP contribution in [0.1, 0.15) is 10.4 Å². The monoisotopic (exact) mass is 194 g/mol. The van der Waals surface area contributed by atoms with Crippen LogP contribution in [0.4, 0.5) is 0 Å². The first-order valence-corrected chi connectivity index (χ1v) is 4.43. The largest absolute Gasteiger partial charge is 0.370 e. The number of benzene rings is 1. The molecule has 2 aromatic rings. The molecule has 1 aromatic heterocycles. The fourth-order valence-corrected chi connectivity index (χ4v) is 1.77. The molecule has 0 saturated carbocycles. The van der Waals surface area contributed by atoms with E-state index < -0.39 is 5.97 Å². The van der Waals surface area contributed by atoms with Crippen molar-refractivity contribution in [1.82, 2.24) is 4.98 Å². The Bertz CT molecular complexity index is 452. The lowest BCUT2D eigenvalue weighted by atomic mass is 10.2. The third-order valence-electron chi connectivity index (χ3n) is 1.67. The van der Waals surface area contributed by atoms with E-state index in [1.807, 2.05) is 0 Å². The number of nitrogens with two attached hydrogens (primary N) is 1. The predicted octanol–water partition coefficient (Wildman–Crippen LogP) is 1.33. The smallest absolute Gasteiger partial charge is 0.356 e. The van der Waals surface area contributed by atoms with E-state index in [-0.39, 0.29) is 0 Å². The Morgan fingerprint density at radius 1 is 1.54 bits per heavy atom.